The Morgan fingerprint density at radius 2 is 0.915 bits per heavy atom. The fourth-order valence-corrected chi connectivity index (χ4v) is 3.85. The lowest BCUT2D eigenvalue weighted by Gasteiger charge is -2.30. The summed E-state index contributed by atoms with van der Waals surface area (Å²) in [6, 6.07) is -8.63. The Kier molecular flexibility index (Phi) is 18.9. The van der Waals surface area contributed by atoms with Gasteiger partial charge in [-0.05, 0) is 0 Å². The molecule has 0 saturated heterocycles. The number of aliphatic carboxylic acids is 3. The highest BCUT2D eigenvalue weighted by Gasteiger charge is 2.41. The number of aliphatic hydroxyl groups is 8. The van der Waals surface area contributed by atoms with Gasteiger partial charge in [-0.2, -0.15) is 12.6 Å². The van der Waals surface area contributed by atoms with E-state index in [2.05, 4.69) is 12.6 Å². The molecule has 0 saturated carbocycles. The maximum atomic E-state index is 13.0. The van der Waals surface area contributed by atoms with Gasteiger partial charge in [-0.15, -0.1) is 0 Å². The molecule has 0 aromatic heterocycles. The quantitative estimate of drug-likeness (QED) is 0.0465. The molecule has 0 aromatic carbocycles. The Balaban J connectivity index is 6.21. The standard InChI is InChI=1S/C24H40N4O18S/c1-7(22(41)42)2-12(33)27-14(18(37)16(35)10(31)4-29)20(39)25-8(23(43)44)3-13(34)28-15(19(38)17(36)11(32)5-30)21(40)26-9(6-47)24(45)46/h7-11,14-19,29-32,35-38,47H,2-6H2,1H3,(H,25,39)(H,26,40)(H,27,33)(H,28,34)(H,41,42)(H,43,44)(H,45,46)/t7-,8-,9-,10+,11+,14-,15-,16+,17+,18+,19+/m0/s1. The first-order chi connectivity index (χ1) is 21.7. The van der Waals surface area contributed by atoms with E-state index in [-0.39, 0.29) is 0 Å². The van der Waals surface area contributed by atoms with Crippen molar-refractivity contribution in [2.24, 2.45) is 5.92 Å². The van der Waals surface area contributed by atoms with Crippen LogP contribution in [0.1, 0.15) is 19.8 Å². The number of amides is 4. The third kappa shape index (κ3) is 13.9. The molecule has 47 heavy (non-hydrogen) atoms. The van der Waals surface area contributed by atoms with Crippen molar-refractivity contribution in [2.45, 2.75) is 80.6 Å². The number of carboxylic acid groups (broad SMARTS) is 3. The summed E-state index contributed by atoms with van der Waals surface area (Å²) in [5.41, 5.74) is 0. The molecule has 22 nitrogen and oxygen atoms in total. The van der Waals surface area contributed by atoms with E-state index in [0.29, 0.717) is 0 Å². The van der Waals surface area contributed by atoms with Gasteiger partial charge in [0.25, 0.3) is 0 Å². The lowest BCUT2D eigenvalue weighted by molar-refractivity contribution is -0.148. The van der Waals surface area contributed by atoms with Crippen LogP contribution in [-0.4, -0.2) is 177 Å². The second-order valence-corrected chi connectivity index (χ2v) is 10.5. The van der Waals surface area contributed by atoms with Gasteiger partial charge in [0.1, 0.15) is 60.8 Å². The molecule has 270 valence electrons. The molecular weight excluding hydrogens is 664 g/mol. The Morgan fingerprint density at radius 3 is 1.23 bits per heavy atom. The van der Waals surface area contributed by atoms with Gasteiger partial charge in [0.15, 0.2) is 0 Å². The van der Waals surface area contributed by atoms with E-state index in [0.717, 1.165) is 6.92 Å². The summed E-state index contributed by atoms with van der Waals surface area (Å²) in [5.74, 6) is -12.6. The summed E-state index contributed by atoms with van der Waals surface area (Å²) in [6.45, 7) is -1.20. The van der Waals surface area contributed by atoms with Gasteiger partial charge in [-0.1, -0.05) is 6.92 Å². The fourth-order valence-electron chi connectivity index (χ4n) is 3.60. The van der Waals surface area contributed by atoms with Crippen molar-refractivity contribution in [1.29, 1.82) is 0 Å². The van der Waals surface area contributed by atoms with Crippen LogP contribution >= 0.6 is 12.6 Å². The molecule has 0 radical (unpaired) electrons. The predicted molar refractivity (Wildman–Crippen MR) is 153 cm³/mol. The molecule has 0 heterocycles. The van der Waals surface area contributed by atoms with Gasteiger partial charge >= 0.3 is 17.9 Å². The summed E-state index contributed by atoms with van der Waals surface area (Å²) in [7, 11) is 0. The van der Waals surface area contributed by atoms with Crippen LogP contribution in [0.2, 0.25) is 0 Å². The lowest BCUT2D eigenvalue weighted by atomic mass is 9.98. The zero-order chi connectivity index (χ0) is 36.8. The maximum Gasteiger partial charge on any atom is 0.327 e. The van der Waals surface area contributed by atoms with Crippen molar-refractivity contribution in [2.75, 3.05) is 19.0 Å². The Labute approximate surface area is 270 Å². The molecule has 23 heteroatoms. The normalized spacial score (nSPS) is 18.3. The van der Waals surface area contributed by atoms with Crippen LogP contribution in [0.4, 0.5) is 0 Å². The SMILES string of the molecule is C[C@@H](CC(=O)N[C@H](C(=O)N[C@@H](CC(=O)N[C@H](C(=O)N[C@@H](CS)C(=O)O)[C@@H](O)[C@H](O)[C@H](O)CO)C(=O)O)[C@@H](O)[C@H](O)[C@H](O)CO)C(=O)O. The number of rotatable bonds is 22. The highest BCUT2D eigenvalue weighted by Crippen LogP contribution is 2.11. The first-order valence-electron chi connectivity index (χ1n) is 13.5. The van der Waals surface area contributed by atoms with Crippen LogP contribution in [0.5, 0.6) is 0 Å². The molecule has 0 aliphatic rings. The highest BCUT2D eigenvalue weighted by atomic mass is 32.1. The van der Waals surface area contributed by atoms with Crippen molar-refractivity contribution in [3.63, 3.8) is 0 Å². The molecule has 0 aliphatic heterocycles. The van der Waals surface area contributed by atoms with E-state index in [1.807, 2.05) is 10.6 Å². The van der Waals surface area contributed by atoms with E-state index < -0.39 is 140 Å². The summed E-state index contributed by atoms with van der Waals surface area (Å²) in [4.78, 5) is 85.2. The van der Waals surface area contributed by atoms with E-state index in [1.54, 1.807) is 10.6 Å². The largest absolute Gasteiger partial charge is 0.481 e. The van der Waals surface area contributed by atoms with Crippen LogP contribution in [0, 0.1) is 5.92 Å². The molecule has 0 unspecified atom stereocenters. The van der Waals surface area contributed by atoms with Gasteiger partial charge in [0.05, 0.1) is 25.6 Å². The third-order valence-corrected chi connectivity index (χ3v) is 6.82. The average Bonchev–Trinajstić information content (AvgIpc) is 3.01. The molecule has 11 atom stereocenters. The number of carbonyl (C=O) groups excluding carboxylic acids is 4. The van der Waals surface area contributed by atoms with Crippen LogP contribution in [0.15, 0.2) is 0 Å². The molecule has 0 spiro atoms. The van der Waals surface area contributed by atoms with Crippen molar-refractivity contribution in [3.8, 4) is 0 Å². The first-order valence-corrected chi connectivity index (χ1v) is 14.2. The first kappa shape index (κ1) is 43.3. The van der Waals surface area contributed by atoms with Gasteiger partial charge < -0.3 is 77.4 Å². The summed E-state index contributed by atoms with van der Waals surface area (Å²) >= 11 is 3.73. The summed E-state index contributed by atoms with van der Waals surface area (Å²) in [5, 5.41) is 113. The molecule has 0 aliphatic carbocycles. The fraction of sp³-hybridized carbons (Fsp3) is 0.708. The average molecular weight is 705 g/mol. The minimum absolute atomic E-state index is 0.504. The number of hydrogen-bond donors (Lipinski definition) is 16. The van der Waals surface area contributed by atoms with Crippen molar-refractivity contribution in [3.05, 3.63) is 0 Å². The Bertz CT molecular complexity index is 1110. The molecule has 15 N–H and O–H groups in total. The lowest BCUT2D eigenvalue weighted by Crippen LogP contribution is -2.62. The van der Waals surface area contributed by atoms with Crippen LogP contribution in [0.25, 0.3) is 0 Å². The van der Waals surface area contributed by atoms with Crippen molar-refractivity contribution < 1.29 is 89.7 Å². The minimum atomic E-state index is -2.46. The molecule has 0 bridgehead atoms. The van der Waals surface area contributed by atoms with Gasteiger partial charge in [-0.3, -0.25) is 24.0 Å². The number of nitrogens with one attached hydrogen (secondary N) is 4. The Hall–Kier alpha value is -3.68. The van der Waals surface area contributed by atoms with Crippen molar-refractivity contribution >= 4 is 54.2 Å². The van der Waals surface area contributed by atoms with Crippen LogP contribution in [-0.2, 0) is 33.6 Å². The van der Waals surface area contributed by atoms with Gasteiger partial charge in [0.2, 0.25) is 23.6 Å². The smallest absolute Gasteiger partial charge is 0.327 e. The van der Waals surface area contributed by atoms with Crippen LogP contribution in [0.3, 0.4) is 0 Å². The molecular formula is C24H40N4O18S. The summed E-state index contributed by atoms with van der Waals surface area (Å²) < 4.78 is 0. The minimum Gasteiger partial charge on any atom is -0.481 e. The zero-order valence-electron chi connectivity index (χ0n) is 24.6. The number of carboxylic acids is 3. The highest BCUT2D eigenvalue weighted by molar-refractivity contribution is 7.80. The zero-order valence-corrected chi connectivity index (χ0v) is 25.5. The number of carbonyl (C=O) groups is 7. The maximum absolute atomic E-state index is 13.0. The number of thiol groups is 1. The number of hydrogen-bond acceptors (Lipinski definition) is 16. The van der Waals surface area contributed by atoms with Gasteiger partial charge in [0, 0.05) is 12.2 Å². The molecule has 4 amide bonds. The van der Waals surface area contributed by atoms with Gasteiger partial charge in [-0.25, -0.2) is 9.59 Å². The predicted octanol–water partition coefficient (Wildman–Crippen LogP) is -8.32. The molecule has 0 aromatic rings. The topological polar surface area (TPSA) is 390 Å². The van der Waals surface area contributed by atoms with E-state index in [4.69, 9.17) is 20.4 Å². The van der Waals surface area contributed by atoms with E-state index in [1.165, 1.54) is 0 Å². The Morgan fingerprint density at radius 1 is 0.553 bits per heavy atom. The number of aliphatic hydroxyl groups excluding tert-OH is 8. The third-order valence-electron chi connectivity index (χ3n) is 6.46. The van der Waals surface area contributed by atoms with E-state index >= 15 is 0 Å². The molecule has 0 fully saturated rings. The van der Waals surface area contributed by atoms with Crippen molar-refractivity contribution in [1.82, 2.24) is 21.3 Å². The van der Waals surface area contributed by atoms with Crippen LogP contribution < -0.4 is 21.3 Å². The summed E-state index contributed by atoms with van der Waals surface area (Å²) in [6.07, 6.45) is -15.8. The second kappa shape index (κ2) is 20.5. The molecule has 0 rings (SSSR count). The monoisotopic (exact) mass is 704 g/mol. The second-order valence-electron chi connectivity index (χ2n) is 10.2. The van der Waals surface area contributed by atoms with E-state index in [9.17, 15) is 69.3 Å².